The molecule has 0 fully saturated rings. The molecule has 0 aliphatic rings. The Morgan fingerprint density at radius 2 is 2.10 bits per heavy atom. The van der Waals surface area contributed by atoms with E-state index < -0.39 is 0 Å². The summed E-state index contributed by atoms with van der Waals surface area (Å²) in [7, 11) is 1.60. The van der Waals surface area contributed by atoms with E-state index in [2.05, 4.69) is 10.6 Å². The molecule has 6 nitrogen and oxygen atoms in total. The minimum Gasteiger partial charge on any atom is -0.493 e. The van der Waals surface area contributed by atoms with E-state index in [0.29, 0.717) is 30.9 Å². The Hall–Kier alpha value is -2.24. The zero-order chi connectivity index (χ0) is 15.7. The maximum absolute atomic E-state index is 11.3. The van der Waals surface area contributed by atoms with Crippen LogP contribution in [0.4, 0.5) is 0 Å². The van der Waals surface area contributed by atoms with Gasteiger partial charge in [0, 0.05) is 6.54 Å². The lowest BCUT2D eigenvalue weighted by atomic mass is 10.1. The Labute approximate surface area is 124 Å². The van der Waals surface area contributed by atoms with Gasteiger partial charge in [-0.05, 0) is 38.0 Å². The lowest BCUT2D eigenvalue weighted by Crippen LogP contribution is -2.34. The van der Waals surface area contributed by atoms with Crippen molar-refractivity contribution in [2.45, 2.75) is 26.4 Å². The van der Waals surface area contributed by atoms with Crippen molar-refractivity contribution in [3.05, 3.63) is 23.8 Å². The number of ether oxygens (including phenoxy) is 2. The first-order chi connectivity index (χ1) is 10.1. The van der Waals surface area contributed by atoms with Gasteiger partial charge in [-0.1, -0.05) is 6.07 Å². The van der Waals surface area contributed by atoms with Gasteiger partial charge in [-0.25, -0.2) is 0 Å². The molecule has 0 unspecified atom stereocenters. The maximum atomic E-state index is 11.3. The van der Waals surface area contributed by atoms with Crippen LogP contribution in [0.2, 0.25) is 0 Å². The second-order valence-electron chi connectivity index (χ2n) is 4.75. The fourth-order valence-electron chi connectivity index (χ4n) is 1.76. The summed E-state index contributed by atoms with van der Waals surface area (Å²) in [5.41, 5.74) is 1.03. The van der Waals surface area contributed by atoms with Gasteiger partial charge in [0.25, 0.3) is 0 Å². The number of hydrogen-bond donors (Lipinski definition) is 2. The molecule has 2 N–H and O–H groups in total. The molecule has 1 rings (SSSR count). The Balaban J connectivity index is 2.52. The van der Waals surface area contributed by atoms with Crippen LogP contribution in [0.25, 0.3) is 0 Å². The van der Waals surface area contributed by atoms with E-state index in [0.717, 1.165) is 5.56 Å². The molecular weight excluding hydrogens is 272 g/mol. The molecule has 6 heteroatoms. The first-order valence-electron chi connectivity index (χ1n) is 6.84. The molecule has 0 saturated carbocycles. The number of methoxy groups -OCH3 is 1. The molecule has 1 aromatic carbocycles. The second kappa shape index (κ2) is 8.84. The van der Waals surface area contributed by atoms with Gasteiger partial charge < -0.3 is 20.1 Å². The van der Waals surface area contributed by atoms with Gasteiger partial charge in [-0.2, -0.15) is 0 Å². The van der Waals surface area contributed by atoms with Crippen LogP contribution in [0.15, 0.2) is 18.2 Å². The molecule has 0 aromatic heterocycles. The van der Waals surface area contributed by atoms with Crippen LogP contribution in [0, 0.1) is 0 Å². The Morgan fingerprint density at radius 1 is 1.33 bits per heavy atom. The predicted molar refractivity (Wildman–Crippen MR) is 79.5 cm³/mol. The number of carbonyl (C=O) groups is 2. The van der Waals surface area contributed by atoms with Crippen molar-refractivity contribution >= 4 is 12.3 Å². The predicted octanol–water partition coefficient (Wildman–Crippen LogP) is 0.887. The molecule has 0 aliphatic heterocycles. The van der Waals surface area contributed by atoms with Crippen molar-refractivity contribution in [2.24, 2.45) is 0 Å². The van der Waals surface area contributed by atoms with Crippen LogP contribution in [0.1, 0.15) is 19.4 Å². The smallest absolute Gasteiger partial charge is 0.239 e. The molecule has 0 atom stereocenters. The van der Waals surface area contributed by atoms with Gasteiger partial charge in [0.2, 0.25) is 12.3 Å². The highest BCUT2D eigenvalue weighted by Gasteiger charge is 2.08. The summed E-state index contributed by atoms with van der Waals surface area (Å²) < 4.78 is 10.9. The number of rotatable bonds is 9. The zero-order valence-corrected chi connectivity index (χ0v) is 12.6. The van der Waals surface area contributed by atoms with E-state index in [1.165, 1.54) is 0 Å². The van der Waals surface area contributed by atoms with E-state index in [9.17, 15) is 9.59 Å². The van der Waals surface area contributed by atoms with Crippen LogP contribution in [-0.4, -0.2) is 38.6 Å². The van der Waals surface area contributed by atoms with Crippen molar-refractivity contribution in [1.82, 2.24) is 10.6 Å². The fraction of sp³-hybridized carbons (Fsp3) is 0.467. The molecule has 116 valence electrons. The summed E-state index contributed by atoms with van der Waals surface area (Å²) >= 11 is 0. The molecule has 21 heavy (non-hydrogen) atoms. The molecule has 0 saturated heterocycles. The standard InChI is InChI=1S/C15H22N2O4/c1-11(2)21-13-5-4-12(8-14(13)20-3)6-7-17-15(19)9-16-10-18/h4-5,8,10-11H,6-7,9H2,1-3H3,(H,16,18)(H,17,19). The molecule has 1 aromatic rings. The Morgan fingerprint density at radius 3 is 2.71 bits per heavy atom. The number of nitrogens with one attached hydrogen (secondary N) is 2. The van der Waals surface area contributed by atoms with Gasteiger partial charge >= 0.3 is 0 Å². The number of amides is 2. The maximum Gasteiger partial charge on any atom is 0.239 e. The summed E-state index contributed by atoms with van der Waals surface area (Å²) in [6.07, 6.45) is 1.25. The quantitative estimate of drug-likeness (QED) is 0.663. The van der Waals surface area contributed by atoms with Crippen LogP contribution in [0.3, 0.4) is 0 Å². The molecule has 0 radical (unpaired) electrons. The van der Waals surface area contributed by atoms with Crippen LogP contribution >= 0.6 is 0 Å². The third-order valence-electron chi connectivity index (χ3n) is 2.67. The van der Waals surface area contributed by atoms with Crippen LogP contribution in [-0.2, 0) is 16.0 Å². The lowest BCUT2D eigenvalue weighted by molar-refractivity contribution is -0.122. The SMILES string of the molecule is COc1cc(CCNC(=O)CNC=O)ccc1OC(C)C. The van der Waals surface area contributed by atoms with E-state index in [4.69, 9.17) is 9.47 Å². The molecule has 0 spiro atoms. The highest BCUT2D eigenvalue weighted by molar-refractivity contribution is 5.79. The van der Waals surface area contributed by atoms with Crippen molar-refractivity contribution in [3.8, 4) is 11.5 Å². The third kappa shape index (κ3) is 6.16. The van der Waals surface area contributed by atoms with Crippen molar-refractivity contribution in [1.29, 1.82) is 0 Å². The summed E-state index contributed by atoms with van der Waals surface area (Å²) in [6.45, 7) is 4.40. The molecule has 0 heterocycles. The van der Waals surface area contributed by atoms with Gasteiger partial charge in [-0.15, -0.1) is 0 Å². The highest BCUT2D eigenvalue weighted by atomic mass is 16.5. The summed E-state index contributed by atoms with van der Waals surface area (Å²) in [4.78, 5) is 21.4. The molecule has 0 aliphatic carbocycles. The van der Waals surface area contributed by atoms with E-state index >= 15 is 0 Å². The summed E-state index contributed by atoms with van der Waals surface area (Å²) in [6, 6.07) is 5.70. The Kier molecular flexibility index (Phi) is 7.08. The molecular formula is C15H22N2O4. The van der Waals surface area contributed by atoms with Crippen molar-refractivity contribution in [3.63, 3.8) is 0 Å². The fourth-order valence-corrected chi connectivity index (χ4v) is 1.76. The highest BCUT2D eigenvalue weighted by Crippen LogP contribution is 2.29. The summed E-state index contributed by atoms with van der Waals surface area (Å²) in [5, 5.41) is 5.03. The van der Waals surface area contributed by atoms with Crippen molar-refractivity contribution < 1.29 is 19.1 Å². The summed E-state index contributed by atoms with van der Waals surface area (Å²) in [5.74, 6) is 1.17. The average molecular weight is 294 g/mol. The largest absolute Gasteiger partial charge is 0.493 e. The monoisotopic (exact) mass is 294 g/mol. The third-order valence-corrected chi connectivity index (χ3v) is 2.67. The van der Waals surface area contributed by atoms with Crippen molar-refractivity contribution in [2.75, 3.05) is 20.2 Å². The minimum atomic E-state index is -0.214. The lowest BCUT2D eigenvalue weighted by Gasteiger charge is -2.14. The van der Waals surface area contributed by atoms with Gasteiger partial charge in [-0.3, -0.25) is 9.59 Å². The number of benzene rings is 1. The molecule has 0 bridgehead atoms. The second-order valence-corrected chi connectivity index (χ2v) is 4.75. The van der Waals surface area contributed by atoms with E-state index in [1.807, 2.05) is 32.0 Å². The Bertz CT molecular complexity index is 475. The van der Waals surface area contributed by atoms with Gasteiger partial charge in [0.05, 0.1) is 19.8 Å². The first kappa shape index (κ1) is 16.8. The molecule has 2 amide bonds. The first-order valence-corrected chi connectivity index (χ1v) is 6.84. The number of carbonyl (C=O) groups excluding carboxylic acids is 2. The average Bonchev–Trinajstić information content (AvgIpc) is 2.46. The topological polar surface area (TPSA) is 76.7 Å². The normalized spacial score (nSPS) is 10.1. The minimum absolute atomic E-state index is 0.00596. The van der Waals surface area contributed by atoms with Gasteiger partial charge in [0.1, 0.15) is 0 Å². The van der Waals surface area contributed by atoms with Gasteiger partial charge in [0.15, 0.2) is 11.5 Å². The zero-order valence-electron chi connectivity index (χ0n) is 12.6. The number of hydrogen-bond acceptors (Lipinski definition) is 4. The van der Waals surface area contributed by atoms with E-state index in [1.54, 1.807) is 7.11 Å². The van der Waals surface area contributed by atoms with Crippen LogP contribution < -0.4 is 20.1 Å². The van der Waals surface area contributed by atoms with Crippen LogP contribution in [0.5, 0.6) is 11.5 Å². The van der Waals surface area contributed by atoms with E-state index in [-0.39, 0.29) is 18.6 Å².